The summed E-state index contributed by atoms with van der Waals surface area (Å²) in [6.45, 7) is 0.667. The van der Waals surface area contributed by atoms with Crippen molar-refractivity contribution in [2.45, 2.75) is 11.4 Å². The van der Waals surface area contributed by atoms with Gasteiger partial charge in [-0.05, 0) is 24.3 Å². The Hall–Kier alpha value is -1.68. The summed E-state index contributed by atoms with van der Waals surface area (Å²) >= 11 is 1.62. The van der Waals surface area contributed by atoms with Gasteiger partial charge < -0.3 is 9.67 Å². The van der Waals surface area contributed by atoms with Crippen molar-refractivity contribution in [1.82, 2.24) is 4.57 Å². The van der Waals surface area contributed by atoms with Crippen LogP contribution < -0.4 is 5.56 Å². The fourth-order valence-electron chi connectivity index (χ4n) is 1.48. The smallest absolute Gasteiger partial charge is 0.250 e. The van der Waals surface area contributed by atoms with E-state index in [0.717, 1.165) is 10.6 Å². The van der Waals surface area contributed by atoms with Crippen molar-refractivity contribution in [3.63, 3.8) is 0 Å². The van der Waals surface area contributed by atoms with E-state index in [1.165, 1.54) is 0 Å². The van der Waals surface area contributed by atoms with Crippen molar-refractivity contribution in [1.29, 1.82) is 0 Å². The Morgan fingerprint density at radius 3 is 2.82 bits per heavy atom. The van der Waals surface area contributed by atoms with Gasteiger partial charge in [0.05, 0.1) is 0 Å². The van der Waals surface area contributed by atoms with Crippen molar-refractivity contribution in [3.8, 4) is 5.75 Å². The molecular weight excluding hydrogens is 234 g/mol. The topological polar surface area (TPSA) is 42.2 Å². The van der Waals surface area contributed by atoms with Crippen LogP contribution in [0.2, 0.25) is 0 Å². The summed E-state index contributed by atoms with van der Waals surface area (Å²) in [6, 6.07) is 12.3. The predicted octanol–water partition coefficient (Wildman–Crippen LogP) is 2.35. The molecule has 0 saturated heterocycles. The van der Waals surface area contributed by atoms with Crippen LogP contribution in [0.25, 0.3) is 0 Å². The van der Waals surface area contributed by atoms with Gasteiger partial charge in [-0.1, -0.05) is 12.1 Å². The molecule has 1 heterocycles. The first-order chi connectivity index (χ1) is 8.25. The molecule has 0 unspecified atom stereocenters. The number of thioether (sulfide) groups is 1. The number of rotatable bonds is 4. The Bertz CT molecular complexity index is 551. The number of hydrogen-bond acceptors (Lipinski definition) is 3. The molecule has 0 saturated carbocycles. The van der Waals surface area contributed by atoms with E-state index in [2.05, 4.69) is 0 Å². The zero-order chi connectivity index (χ0) is 12.1. The monoisotopic (exact) mass is 247 g/mol. The molecule has 0 aliphatic rings. The number of phenolic OH excluding ortho intramolecular Hbond substituents is 1. The van der Waals surface area contributed by atoms with Gasteiger partial charge in [-0.2, -0.15) is 0 Å². The Morgan fingerprint density at radius 1 is 1.18 bits per heavy atom. The van der Waals surface area contributed by atoms with E-state index in [4.69, 9.17) is 0 Å². The van der Waals surface area contributed by atoms with Crippen molar-refractivity contribution >= 4 is 11.8 Å². The number of phenols is 1. The molecule has 4 heteroatoms. The predicted molar refractivity (Wildman–Crippen MR) is 69.5 cm³/mol. The van der Waals surface area contributed by atoms with Crippen LogP contribution in [-0.4, -0.2) is 15.4 Å². The van der Waals surface area contributed by atoms with Gasteiger partial charge in [-0.15, -0.1) is 11.8 Å². The third-order valence-electron chi connectivity index (χ3n) is 2.32. The number of aromatic nitrogens is 1. The second-order valence-electron chi connectivity index (χ2n) is 3.58. The molecule has 0 fully saturated rings. The average molecular weight is 247 g/mol. The standard InChI is InChI=1S/C13H13NO2S/c15-11-4-3-5-12(10-11)17-9-8-14-7-2-1-6-13(14)16/h1-7,10,15H,8-9H2. The molecule has 0 bridgehead atoms. The number of benzene rings is 1. The molecule has 3 nitrogen and oxygen atoms in total. The number of hydrogen-bond donors (Lipinski definition) is 1. The Labute approximate surface area is 104 Å². The number of aryl methyl sites for hydroxylation is 1. The molecule has 0 spiro atoms. The van der Waals surface area contributed by atoms with E-state index in [0.29, 0.717) is 6.54 Å². The summed E-state index contributed by atoms with van der Waals surface area (Å²) in [5.74, 6) is 1.07. The minimum atomic E-state index is 0.0176. The second-order valence-corrected chi connectivity index (χ2v) is 4.75. The highest BCUT2D eigenvalue weighted by Crippen LogP contribution is 2.21. The molecule has 2 rings (SSSR count). The normalized spacial score (nSPS) is 10.4. The molecule has 1 aromatic heterocycles. The van der Waals surface area contributed by atoms with E-state index in [1.54, 1.807) is 46.8 Å². The minimum Gasteiger partial charge on any atom is -0.508 e. The quantitative estimate of drug-likeness (QED) is 0.843. The third-order valence-corrected chi connectivity index (χ3v) is 3.29. The first kappa shape index (κ1) is 11.8. The van der Waals surface area contributed by atoms with Crippen LogP contribution in [0, 0.1) is 0 Å². The van der Waals surface area contributed by atoms with Crippen molar-refractivity contribution in [3.05, 3.63) is 59.0 Å². The lowest BCUT2D eigenvalue weighted by atomic mass is 10.3. The molecule has 1 N–H and O–H groups in total. The van der Waals surface area contributed by atoms with Gasteiger partial charge in [-0.25, -0.2) is 0 Å². The zero-order valence-corrected chi connectivity index (χ0v) is 10.1. The fraction of sp³-hybridized carbons (Fsp3) is 0.154. The molecule has 0 amide bonds. The lowest BCUT2D eigenvalue weighted by molar-refractivity contribution is 0.474. The zero-order valence-electron chi connectivity index (χ0n) is 9.24. The third kappa shape index (κ3) is 3.39. The summed E-state index contributed by atoms with van der Waals surface area (Å²) in [5.41, 5.74) is 0.0176. The van der Waals surface area contributed by atoms with E-state index in [9.17, 15) is 9.90 Å². The largest absolute Gasteiger partial charge is 0.508 e. The maximum atomic E-state index is 11.4. The van der Waals surface area contributed by atoms with Crippen molar-refractivity contribution in [2.24, 2.45) is 0 Å². The van der Waals surface area contributed by atoms with E-state index in [-0.39, 0.29) is 11.3 Å². The van der Waals surface area contributed by atoms with E-state index in [1.807, 2.05) is 18.2 Å². The Kier molecular flexibility index (Phi) is 3.88. The molecular formula is C13H13NO2S. The van der Waals surface area contributed by atoms with Gasteiger partial charge in [-0.3, -0.25) is 4.79 Å². The molecule has 88 valence electrons. The average Bonchev–Trinajstić information content (AvgIpc) is 2.32. The van der Waals surface area contributed by atoms with Gasteiger partial charge >= 0.3 is 0 Å². The molecule has 17 heavy (non-hydrogen) atoms. The molecule has 0 aliphatic carbocycles. The second kappa shape index (κ2) is 5.59. The fourth-order valence-corrected chi connectivity index (χ4v) is 2.38. The summed E-state index contributed by atoms with van der Waals surface area (Å²) in [5, 5.41) is 9.30. The minimum absolute atomic E-state index is 0.0176. The van der Waals surface area contributed by atoms with Crippen molar-refractivity contribution < 1.29 is 5.11 Å². The molecule has 2 aromatic rings. The number of aromatic hydroxyl groups is 1. The summed E-state index contributed by atoms with van der Waals surface area (Å²) in [6.07, 6.45) is 1.78. The van der Waals surface area contributed by atoms with Gasteiger partial charge in [0.15, 0.2) is 0 Å². The SMILES string of the molecule is O=c1ccccn1CCSc1cccc(O)c1. The summed E-state index contributed by atoms with van der Waals surface area (Å²) in [7, 11) is 0. The molecule has 0 atom stereocenters. The van der Waals surface area contributed by atoms with Gasteiger partial charge in [0.25, 0.3) is 5.56 Å². The number of nitrogens with zero attached hydrogens (tertiary/aromatic N) is 1. The Balaban J connectivity index is 1.92. The van der Waals surface area contributed by atoms with Gasteiger partial charge in [0, 0.05) is 29.5 Å². The number of pyridine rings is 1. The van der Waals surface area contributed by atoms with Gasteiger partial charge in [0.1, 0.15) is 5.75 Å². The lowest BCUT2D eigenvalue weighted by Crippen LogP contribution is -2.18. The van der Waals surface area contributed by atoms with Crippen LogP contribution in [-0.2, 0) is 6.54 Å². The highest BCUT2D eigenvalue weighted by Gasteiger charge is 1.97. The highest BCUT2D eigenvalue weighted by molar-refractivity contribution is 7.99. The molecule has 1 aromatic carbocycles. The van der Waals surface area contributed by atoms with Crippen LogP contribution in [0.3, 0.4) is 0 Å². The van der Waals surface area contributed by atoms with Crippen LogP contribution in [0.4, 0.5) is 0 Å². The maximum Gasteiger partial charge on any atom is 0.250 e. The summed E-state index contributed by atoms with van der Waals surface area (Å²) < 4.78 is 1.68. The Morgan fingerprint density at radius 2 is 2.06 bits per heavy atom. The highest BCUT2D eigenvalue weighted by atomic mass is 32.2. The van der Waals surface area contributed by atoms with Crippen LogP contribution in [0.5, 0.6) is 5.75 Å². The molecule has 0 aliphatic heterocycles. The summed E-state index contributed by atoms with van der Waals surface area (Å²) in [4.78, 5) is 12.4. The maximum absolute atomic E-state index is 11.4. The first-order valence-corrected chi connectivity index (χ1v) is 6.31. The first-order valence-electron chi connectivity index (χ1n) is 5.33. The van der Waals surface area contributed by atoms with Gasteiger partial charge in [0.2, 0.25) is 0 Å². The van der Waals surface area contributed by atoms with E-state index < -0.39 is 0 Å². The van der Waals surface area contributed by atoms with Crippen LogP contribution in [0.15, 0.2) is 58.4 Å². The lowest BCUT2D eigenvalue weighted by Gasteiger charge is -2.05. The molecule has 0 radical (unpaired) electrons. The van der Waals surface area contributed by atoms with Crippen LogP contribution in [0.1, 0.15) is 0 Å². The van der Waals surface area contributed by atoms with Crippen molar-refractivity contribution in [2.75, 3.05) is 5.75 Å². The van der Waals surface area contributed by atoms with Crippen LogP contribution >= 0.6 is 11.8 Å². The van der Waals surface area contributed by atoms with E-state index >= 15 is 0 Å².